The highest BCUT2D eigenvalue weighted by Crippen LogP contribution is 2.14. The predicted molar refractivity (Wildman–Crippen MR) is 104 cm³/mol. The molecule has 3 N–H and O–H groups in total. The number of anilines is 1. The van der Waals surface area contributed by atoms with Crippen LogP contribution in [0.2, 0.25) is 0 Å². The molecule has 0 aromatic heterocycles. The standard InChI is InChI=1S/C21H26FN3O2/c1-21(2,3)24-18(26)14-25(4)19(15-8-6-5-7-9-15)20(27)23-17-12-10-16(22)11-13-17/h5-13,19H,14H2,1-4H3,(H,23,27)(H,24,26)/p+1/t19-/m0/s1. The molecular formula is C21H27FN3O2+. The van der Waals surface area contributed by atoms with Crippen molar-refractivity contribution in [1.29, 1.82) is 0 Å². The van der Waals surface area contributed by atoms with E-state index in [-0.39, 0.29) is 29.7 Å². The van der Waals surface area contributed by atoms with E-state index in [1.165, 1.54) is 24.3 Å². The van der Waals surface area contributed by atoms with Gasteiger partial charge in [-0.1, -0.05) is 30.3 Å². The number of amides is 2. The number of carbonyl (C=O) groups is 2. The number of carbonyl (C=O) groups excluding carboxylic acids is 2. The molecule has 0 heterocycles. The molecule has 0 aliphatic carbocycles. The minimum absolute atomic E-state index is 0.129. The average Bonchev–Trinajstić information content (AvgIpc) is 2.56. The zero-order valence-corrected chi connectivity index (χ0v) is 16.2. The number of benzene rings is 2. The molecule has 2 amide bonds. The van der Waals surface area contributed by atoms with Crippen molar-refractivity contribution in [3.8, 4) is 0 Å². The van der Waals surface area contributed by atoms with E-state index in [2.05, 4.69) is 10.6 Å². The summed E-state index contributed by atoms with van der Waals surface area (Å²) in [5.41, 5.74) is 0.975. The maximum atomic E-state index is 13.1. The van der Waals surface area contributed by atoms with Gasteiger partial charge in [-0.05, 0) is 45.0 Å². The first-order valence-electron chi connectivity index (χ1n) is 8.90. The summed E-state index contributed by atoms with van der Waals surface area (Å²) in [4.78, 5) is 26.0. The van der Waals surface area contributed by atoms with Gasteiger partial charge < -0.3 is 15.5 Å². The zero-order chi connectivity index (χ0) is 20.0. The topological polar surface area (TPSA) is 62.6 Å². The monoisotopic (exact) mass is 372 g/mol. The van der Waals surface area contributed by atoms with Crippen molar-refractivity contribution in [3.05, 3.63) is 66.0 Å². The molecule has 2 rings (SSSR count). The van der Waals surface area contributed by atoms with Crippen LogP contribution in [-0.2, 0) is 9.59 Å². The van der Waals surface area contributed by atoms with Gasteiger partial charge in [0.2, 0.25) is 0 Å². The molecule has 0 aliphatic heterocycles. The van der Waals surface area contributed by atoms with Crippen molar-refractivity contribution in [3.63, 3.8) is 0 Å². The summed E-state index contributed by atoms with van der Waals surface area (Å²) >= 11 is 0. The van der Waals surface area contributed by atoms with E-state index in [1.807, 2.05) is 58.2 Å². The third-order valence-electron chi connectivity index (χ3n) is 3.95. The number of nitrogens with one attached hydrogen (secondary N) is 3. The van der Waals surface area contributed by atoms with Gasteiger partial charge in [0.05, 0.1) is 7.05 Å². The van der Waals surface area contributed by atoms with Crippen LogP contribution in [0.25, 0.3) is 0 Å². The molecule has 27 heavy (non-hydrogen) atoms. The molecule has 0 radical (unpaired) electrons. The molecule has 0 saturated heterocycles. The lowest BCUT2D eigenvalue weighted by Crippen LogP contribution is -3.11. The molecule has 0 fully saturated rings. The number of rotatable bonds is 6. The summed E-state index contributed by atoms with van der Waals surface area (Å²) in [6.07, 6.45) is 0. The van der Waals surface area contributed by atoms with E-state index in [1.54, 1.807) is 0 Å². The van der Waals surface area contributed by atoms with E-state index in [0.29, 0.717) is 5.69 Å². The maximum absolute atomic E-state index is 13.1. The first kappa shape index (κ1) is 20.6. The minimum atomic E-state index is -0.582. The highest BCUT2D eigenvalue weighted by Gasteiger charge is 2.31. The van der Waals surface area contributed by atoms with Crippen LogP contribution in [0.4, 0.5) is 10.1 Å². The fourth-order valence-electron chi connectivity index (χ4n) is 2.87. The minimum Gasteiger partial charge on any atom is -0.347 e. The Morgan fingerprint density at radius 3 is 2.19 bits per heavy atom. The first-order chi connectivity index (χ1) is 12.7. The molecule has 0 bridgehead atoms. The van der Waals surface area contributed by atoms with Crippen LogP contribution in [0.5, 0.6) is 0 Å². The van der Waals surface area contributed by atoms with E-state index in [0.717, 1.165) is 10.5 Å². The largest absolute Gasteiger partial charge is 0.347 e. The van der Waals surface area contributed by atoms with Crippen LogP contribution in [0.3, 0.4) is 0 Å². The summed E-state index contributed by atoms with van der Waals surface area (Å²) in [5.74, 6) is -0.751. The van der Waals surface area contributed by atoms with Crippen LogP contribution in [0.15, 0.2) is 54.6 Å². The van der Waals surface area contributed by atoms with E-state index < -0.39 is 6.04 Å². The van der Waals surface area contributed by atoms with Gasteiger partial charge in [0.25, 0.3) is 11.8 Å². The SMILES string of the molecule is C[NH+](CC(=O)NC(C)(C)C)[C@H](C(=O)Nc1ccc(F)cc1)c1ccccc1. The first-order valence-corrected chi connectivity index (χ1v) is 8.90. The van der Waals surface area contributed by atoms with Gasteiger partial charge in [-0.25, -0.2) is 4.39 Å². The van der Waals surface area contributed by atoms with Gasteiger partial charge in [-0.2, -0.15) is 0 Å². The lowest BCUT2D eigenvalue weighted by molar-refractivity contribution is -0.894. The van der Waals surface area contributed by atoms with Crippen LogP contribution in [0, 0.1) is 5.82 Å². The fraction of sp³-hybridized carbons (Fsp3) is 0.333. The molecule has 5 nitrogen and oxygen atoms in total. The van der Waals surface area contributed by atoms with Crippen molar-refractivity contribution in [2.75, 3.05) is 18.9 Å². The second kappa shape index (κ2) is 8.77. The Morgan fingerprint density at radius 1 is 1.04 bits per heavy atom. The number of quaternary nitrogens is 1. The summed E-state index contributed by atoms with van der Waals surface area (Å²) in [6, 6.07) is 14.3. The van der Waals surface area contributed by atoms with Crippen molar-refractivity contribution in [1.82, 2.24) is 5.32 Å². The number of hydrogen-bond donors (Lipinski definition) is 3. The Kier molecular flexibility index (Phi) is 6.69. The number of hydrogen-bond acceptors (Lipinski definition) is 2. The predicted octanol–water partition coefficient (Wildman–Crippen LogP) is 1.93. The molecule has 2 atom stereocenters. The van der Waals surface area contributed by atoms with Crippen molar-refractivity contribution in [2.24, 2.45) is 0 Å². The Balaban J connectivity index is 2.19. The van der Waals surface area contributed by atoms with Gasteiger partial charge in [0.15, 0.2) is 12.6 Å². The van der Waals surface area contributed by atoms with Crippen LogP contribution in [-0.4, -0.2) is 30.9 Å². The van der Waals surface area contributed by atoms with Gasteiger partial charge in [0.1, 0.15) is 5.82 Å². The van der Waals surface area contributed by atoms with Crippen LogP contribution in [0.1, 0.15) is 32.4 Å². The normalized spacial score (nSPS) is 13.5. The highest BCUT2D eigenvalue weighted by molar-refractivity contribution is 5.94. The second-order valence-electron chi connectivity index (χ2n) is 7.66. The smallest absolute Gasteiger partial charge is 0.287 e. The molecule has 2 aromatic rings. The van der Waals surface area contributed by atoms with Crippen molar-refractivity contribution < 1.29 is 18.9 Å². The fourth-order valence-corrected chi connectivity index (χ4v) is 2.87. The lowest BCUT2D eigenvalue weighted by atomic mass is 10.0. The van der Waals surface area contributed by atoms with Gasteiger partial charge in [-0.3, -0.25) is 9.59 Å². The maximum Gasteiger partial charge on any atom is 0.287 e. The van der Waals surface area contributed by atoms with E-state index >= 15 is 0 Å². The van der Waals surface area contributed by atoms with Crippen LogP contribution >= 0.6 is 0 Å². The van der Waals surface area contributed by atoms with Gasteiger partial charge >= 0.3 is 0 Å². The summed E-state index contributed by atoms with van der Waals surface area (Å²) in [5, 5.41) is 5.73. The van der Waals surface area contributed by atoms with Gasteiger partial charge in [-0.15, -0.1) is 0 Å². The summed E-state index contributed by atoms with van der Waals surface area (Å²) < 4.78 is 13.1. The number of halogens is 1. The second-order valence-corrected chi connectivity index (χ2v) is 7.66. The average molecular weight is 372 g/mol. The van der Waals surface area contributed by atoms with Crippen molar-refractivity contribution >= 4 is 17.5 Å². The Labute approximate surface area is 159 Å². The Bertz CT molecular complexity index is 770. The van der Waals surface area contributed by atoms with Crippen LogP contribution < -0.4 is 15.5 Å². The highest BCUT2D eigenvalue weighted by atomic mass is 19.1. The molecule has 144 valence electrons. The summed E-state index contributed by atoms with van der Waals surface area (Å²) in [6.45, 7) is 5.89. The van der Waals surface area contributed by atoms with E-state index in [4.69, 9.17) is 0 Å². The molecular weight excluding hydrogens is 345 g/mol. The molecule has 2 aromatic carbocycles. The van der Waals surface area contributed by atoms with Gasteiger partial charge in [0, 0.05) is 16.8 Å². The number of likely N-dealkylation sites (N-methyl/N-ethyl adjacent to an activating group) is 1. The summed E-state index contributed by atoms with van der Waals surface area (Å²) in [7, 11) is 1.81. The Hall–Kier alpha value is -2.73. The molecule has 0 spiro atoms. The quantitative estimate of drug-likeness (QED) is 0.726. The third kappa shape index (κ3) is 6.49. The van der Waals surface area contributed by atoms with Crippen molar-refractivity contribution in [2.45, 2.75) is 32.4 Å². The Morgan fingerprint density at radius 2 is 1.63 bits per heavy atom. The molecule has 6 heteroatoms. The van der Waals surface area contributed by atoms with E-state index in [9.17, 15) is 14.0 Å². The molecule has 1 unspecified atom stereocenters. The third-order valence-corrected chi connectivity index (χ3v) is 3.95. The lowest BCUT2D eigenvalue weighted by Gasteiger charge is -2.26. The molecule has 0 saturated carbocycles. The zero-order valence-electron chi connectivity index (χ0n) is 16.2. The molecule has 0 aliphatic rings.